The Kier molecular flexibility index (Phi) is 11.0. The third-order valence-electron chi connectivity index (χ3n) is 8.61. The fraction of sp³-hybridized carbons (Fsp3) is 0.429. The quantitative estimate of drug-likeness (QED) is 0.194. The highest BCUT2D eigenvalue weighted by atomic mass is 32.2. The number of carbonyl (C=O) groups is 2. The number of hydrogen-bond donors (Lipinski definition) is 2. The molecule has 0 saturated carbocycles. The van der Waals surface area contributed by atoms with Crippen LogP contribution in [0.2, 0.25) is 0 Å². The average Bonchev–Trinajstić information content (AvgIpc) is 3.68. The summed E-state index contributed by atoms with van der Waals surface area (Å²) in [5.74, 6) is 0.121. The van der Waals surface area contributed by atoms with E-state index < -0.39 is 23.8 Å². The van der Waals surface area contributed by atoms with Gasteiger partial charge >= 0.3 is 5.97 Å². The molecule has 2 N–H and O–H groups in total. The number of thioether (sulfide) groups is 1. The van der Waals surface area contributed by atoms with E-state index in [1.165, 1.54) is 19.2 Å². The molecule has 246 valence electrons. The molecule has 1 amide bonds. The number of fused-ring (bicyclic) bond motifs is 1. The number of aryl methyl sites for hydroxylation is 2. The number of amides is 1. The maximum Gasteiger partial charge on any atom is 0.309 e. The Labute approximate surface area is 273 Å². The third-order valence-corrected chi connectivity index (χ3v) is 9.31. The number of nitrogens with zero attached hydrogens (tertiary/aromatic N) is 1. The summed E-state index contributed by atoms with van der Waals surface area (Å²) in [6.07, 6.45) is 4.07. The number of ether oxygens (including phenoxy) is 4. The van der Waals surface area contributed by atoms with Gasteiger partial charge in [-0.25, -0.2) is 4.39 Å². The molecule has 1 fully saturated rings. The van der Waals surface area contributed by atoms with Crippen LogP contribution < -0.4 is 24.3 Å². The zero-order chi connectivity index (χ0) is 32.8. The molecule has 46 heavy (non-hydrogen) atoms. The summed E-state index contributed by atoms with van der Waals surface area (Å²) < 4.78 is 36.9. The van der Waals surface area contributed by atoms with Crippen molar-refractivity contribution in [3.05, 3.63) is 76.6 Å². The lowest BCUT2D eigenvalue weighted by Gasteiger charge is -2.27. The molecule has 5 rings (SSSR count). The second-order valence-electron chi connectivity index (χ2n) is 11.4. The molecule has 0 aliphatic carbocycles. The number of methoxy groups -OCH3 is 1. The molecule has 3 atom stereocenters. The fourth-order valence-electron chi connectivity index (χ4n) is 6.45. The van der Waals surface area contributed by atoms with Gasteiger partial charge in [-0.1, -0.05) is 26.0 Å². The molecular formula is C35H41FN2O7S. The smallest absolute Gasteiger partial charge is 0.309 e. The van der Waals surface area contributed by atoms with E-state index >= 15 is 0 Å². The van der Waals surface area contributed by atoms with Crippen LogP contribution in [0.5, 0.6) is 23.0 Å². The van der Waals surface area contributed by atoms with E-state index in [0.717, 1.165) is 23.3 Å². The normalized spacial score (nSPS) is 18.8. The van der Waals surface area contributed by atoms with Crippen LogP contribution >= 0.6 is 11.8 Å². The molecule has 0 spiro atoms. The van der Waals surface area contributed by atoms with Gasteiger partial charge in [-0.2, -0.15) is 11.8 Å². The number of hydrogen-bond acceptors (Lipinski definition) is 8. The number of nitrogens with one attached hydrogen (secondary N) is 1. The first-order chi connectivity index (χ1) is 22.3. The lowest BCUT2D eigenvalue weighted by atomic mass is 9.82. The number of carboxylic acid groups (broad SMARTS) is 1. The van der Waals surface area contributed by atoms with Crippen LogP contribution in [0.3, 0.4) is 0 Å². The molecule has 2 aliphatic rings. The first-order valence-corrected chi connectivity index (χ1v) is 16.9. The highest BCUT2D eigenvalue weighted by molar-refractivity contribution is 7.98. The van der Waals surface area contributed by atoms with Gasteiger partial charge in [0.25, 0.3) is 0 Å². The maximum atomic E-state index is 14.3. The van der Waals surface area contributed by atoms with Crippen LogP contribution in [0.25, 0.3) is 0 Å². The number of carboxylic acids is 1. The summed E-state index contributed by atoms with van der Waals surface area (Å²) in [5, 5.41) is 13.7. The Bertz CT molecular complexity index is 1530. The Morgan fingerprint density at radius 2 is 1.78 bits per heavy atom. The third kappa shape index (κ3) is 7.20. The first kappa shape index (κ1) is 33.4. The highest BCUT2D eigenvalue weighted by Crippen LogP contribution is 2.50. The molecule has 1 unspecified atom stereocenters. The monoisotopic (exact) mass is 652 g/mol. The zero-order valence-electron chi connectivity index (χ0n) is 26.6. The maximum absolute atomic E-state index is 14.3. The summed E-state index contributed by atoms with van der Waals surface area (Å²) in [7, 11) is 1.53. The predicted octanol–water partition coefficient (Wildman–Crippen LogP) is 6.30. The van der Waals surface area contributed by atoms with Gasteiger partial charge in [0.05, 0.1) is 26.2 Å². The molecule has 0 aromatic heterocycles. The average molecular weight is 653 g/mol. The summed E-state index contributed by atoms with van der Waals surface area (Å²) in [6.45, 7) is 4.69. The van der Waals surface area contributed by atoms with Crippen molar-refractivity contribution in [3.63, 3.8) is 0 Å². The molecular weight excluding hydrogens is 611 g/mol. The Morgan fingerprint density at radius 1 is 1.07 bits per heavy atom. The number of likely N-dealkylation sites (tertiary alicyclic amines) is 1. The van der Waals surface area contributed by atoms with Crippen LogP contribution in [-0.4, -0.2) is 67.5 Å². The van der Waals surface area contributed by atoms with Gasteiger partial charge in [0, 0.05) is 24.2 Å². The molecule has 9 nitrogen and oxygen atoms in total. The van der Waals surface area contributed by atoms with Crippen molar-refractivity contribution < 1.29 is 38.0 Å². The predicted molar refractivity (Wildman–Crippen MR) is 176 cm³/mol. The molecule has 2 aliphatic heterocycles. The topological polar surface area (TPSA) is 107 Å². The van der Waals surface area contributed by atoms with Gasteiger partial charge in [-0.3, -0.25) is 14.5 Å². The molecule has 11 heteroatoms. The van der Waals surface area contributed by atoms with Crippen molar-refractivity contribution in [2.45, 2.75) is 45.1 Å². The molecule has 1 saturated heterocycles. The van der Waals surface area contributed by atoms with Crippen molar-refractivity contribution >= 4 is 29.3 Å². The van der Waals surface area contributed by atoms with E-state index in [1.807, 2.05) is 43.0 Å². The number of halogens is 1. The Hall–Kier alpha value is -3.96. The fourth-order valence-corrected chi connectivity index (χ4v) is 6.86. The second-order valence-corrected chi connectivity index (χ2v) is 12.4. The summed E-state index contributed by atoms with van der Waals surface area (Å²) in [4.78, 5) is 28.7. The van der Waals surface area contributed by atoms with Crippen molar-refractivity contribution in [1.82, 2.24) is 4.90 Å². The van der Waals surface area contributed by atoms with E-state index in [1.54, 1.807) is 23.9 Å². The minimum absolute atomic E-state index is 0.0473. The molecule has 3 aromatic rings. The Balaban J connectivity index is 1.48. The zero-order valence-corrected chi connectivity index (χ0v) is 27.5. The number of aliphatic carboxylic acids is 1. The van der Waals surface area contributed by atoms with Crippen LogP contribution in [0.15, 0.2) is 48.5 Å². The van der Waals surface area contributed by atoms with E-state index in [0.29, 0.717) is 59.3 Å². The van der Waals surface area contributed by atoms with Crippen molar-refractivity contribution in [3.8, 4) is 23.0 Å². The van der Waals surface area contributed by atoms with Gasteiger partial charge in [0.1, 0.15) is 11.6 Å². The summed E-state index contributed by atoms with van der Waals surface area (Å²) >= 11 is 1.76. The summed E-state index contributed by atoms with van der Waals surface area (Å²) in [5.41, 5.74) is 3.52. The van der Waals surface area contributed by atoms with Gasteiger partial charge in [-0.05, 0) is 89.9 Å². The van der Waals surface area contributed by atoms with Crippen molar-refractivity contribution in [2.75, 3.05) is 50.9 Å². The lowest BCUT2D eigenvalue weighted by molar-refractivity contribution is -0.143. The summed E-state index contributed by atoms with van der Waals surface area (Å²) in [6, 6.07) is 13.3. The van der Waals surface area contributed by atoms with Crippen molar-refractivity contribution in [1.29, 1.82) is 0 Å². The van der Waals surface area contributed by atoms with Crippen LogP contribution in [0.1, 0.15) is 54.5 Å². The minimum atomic E-state index is -0.980. The van der Waals surface area contributed by atoms with E-state index in [4.69, 9.17) is 18.9 Å². The van der Waals surface area contributed by atoms with E-state index in [2.05, 4.69) is 11.6 Å². The first-order valence-electron chi connectivity index (χ1n) is 15.5. The Morgan fingerprint density at radius 3 is 2.41 bits per heavy atom. The molecule has 0 radical (unpaired) electrons. The van der Waals surface area contributed by atoms with Crippen molar-refractivity contribution in [2.24, 2.45) is 5.92 Å². The number of carbonyl (C=O) groups excluding carboxylic acids is 1. The van der Waals surface area contributed by atoms with Gasteiger partial charge < -0.3 is 29.4 Å². The number of anilines is 1. The van der Waals surface area contributed by atoms with Gasteiger partial charge in [0.2, 0.25) is 18.4 Å². The van der Waals surface area contributed by atoms with Crippen LogP contribution in [-0.2, 0) is 22.4 Å². The van der Waals surface area contributed by atoms with E-state index in [9.17, 15) is 19.1 Å². The molecule has 2 heterocycles. The van der Waals surface area contributed by atoms with Gasteiger partial charge in [0.15, 0.2) is 11.5 Å². The number of rotatable bonds is 14. The van der Waals surface area contributed by atoms with Crippen LogP contribution in [0.4, 0.5) is 10.1 Å². The van der Waals surface area contributed by atoms with Crippen LogP contribution in [0, 0.1) is 11.7 Å². The highest BCUT2D eigenvalue weighted by Gasteiger charge is 2.48. The SMILES string of the molecule is CCc1cc(F)cc(CC)c1NC(=O)CN1C[C@H](c2cc(OC)c3c(c2)OCO3)C(C(=O)O)[C@@H]1c1ccc(OCCCSC)cc1. The van der Waals surface area contributed by atoms with Gasteiger partial charge in [-0.15, -0.1) is 0 Å². The number of benzene rings is 3. The molecule has 3 aromatic carbocycles. The largest absolute Gasteiger partial charge is 0.494 e. The molecule has 0 bridgehead atoms. The standard InChI is InChI=1S/C35H41FN2O7S/c1-5-21-14-25(36)15-22(6-2)32(21)37-30(39)19-38-18-27(24-16-28(42-3)34-29(17-24)44-20-45-34)31(35(40)41)33(38)23-8-10-26(11-9-23)43-12-7-13-46-4/h8-11,14-17,27,31,33H,5-7,12-13,18-20H2,1-4H3,(H,37,39)(H,40,41)/t27-,31?,33+/m1/s1. The second kappa shape index (κ2) is 15.1. The van der Waals surface area contributed by atoms with E-state index in [-0.39, 0.29) is 31.6 Å². The lowest BCUT2D eigenvalue weighted by Crippen LogP contribution is -2.35. The minimum Gasteiger partial charge on any atom is -0.494 e.